The molecule has 136 valence electrons. The fourth-order valence-corrected chi connectivity index (χ4v) is 2.74. The van der Waals surface area contributed by atoms with Crippen molar-refractivity contribution in [2.45, 2.75) is 32.7 Å². The molecular weight excluding hydrogens is 385 g/mol. The summed E-state index contributed by atoms with van der Waals surface area (Å²) in [6.45, 7) is 5.19. The van der Waals surface area contributed by atoms with E-state index >= 15 is 0 Å². The van der Waals surface area contributed by atoms with Gasteiger partial charge in [-0.3, -0.25) is 9.67 Å². The molecule has 5 nitrogen and oxygen atoms in total. The maximum Gasteiger partial charge on any atom is 0.191 e. The molecule has 0 saturated carbocycles. The van der Waals surface area contributed by atoms with Crippen molar-refractivity contribution < 1.29 is 4.39 Å². The standard InChI is InChI=1S/C18H25BrFN5/c1-2-21-18(23-10-4-12-25-13-5-11-24-25)22-9-3-6-15-7-8-16(19)14-17(15)20/h5,7-8,11,13-14H,2-4,6,9-10,12H2,1H3,(H2,21,22,23). The second-order valence-corrected chi connectivity index (χ2v) is 6.57. The third-order valence-electron chi connectivity index (χ3n) is 3.65. The van der Waals surface area contributed by atoms with Crippen LogP contribution in [0.3, 0.4) is 0 Å². The first kappa shape index (κ1) is 19.4. The lowest BCUT2D eigenvalue weighted by molar-refractivity contribution is 0.583. The maximum absolute atomic E-state index is 13.8. The van der Waals surface area contributed by atoms with Gasteiger partial charge in [0, 0.05) is 43.0 Å². The third kappa shape index (κ3) is 7.25. The Bertz CT molecular complexity index is 657. The number of aliphatic imine (C=N–C) groups is 1. The lowest BCUT2D eigenvalue weighted by atomic mass is 10.1. The van der Waals surface area contributed by atoms with E-state index in [9.17, 15) is 4.39 Å². The zero-order valence-corrected chi connectivity index (χ0v) is 16.1. The number of hydrogen-bond acceptors (Lipinski definition) is 2. The molecule has 0 fully saturated rings. The van der Waals surface area contributed by atoms with Gasteiger partial charge >= 0.3 is 0 Å². The van der Waals surface area contributed by atoms with E-state index in [1.165, 1.54) is 6.07 Å². The summed E-state index contributed by atoms with van der Waals surface area (Å²) >= 11 is 3.28. The second kappa shape index (κ2) is 10.9. The Balaban J connectivity index is 1.70. The Morgan fingerprint density at radius 2 is 2.20 bits per heavy atom. The number of nitrogens with one attached hydrogen (secondary N) is 2. The number of halogens is 2. The molecule has 2 N–H and O–H groups in total. The van der Waals surface area contributed by atoms with Crippen molar-refractivity contribution in [1.82, 2.24) is 20.4 Å². The van der Waals surface area contributed by atoms with Gasteiger partial charge in [-0.05, 0) is 49.9 Å². The van der Waals surface area contributed by atoms with Gasteiger partial charge in [0.25, 0.3) is 0 Å². The molecule has 0 aliphatic heterocycles. The van der Waals surface area contributed by atoms with Gasteiger partial charge < -0.3 is 10.6 Å². The molecule has 2 rings (SSSR count). The van der Waals surface area contributed by atoms with Crippen molar-refractivity contribution in [3.8, 4) is 0 Å². The van der Waals surface area contributed by atoms with Gasteiger partial charge in [-0.1, -0.05) is 22.0 Å². The molecule has 0 saturated heterocycles. The van der Waals surface area contributed by atoms with E-state index in [2.05, 4.69) is 36.7 Å². The number of nitrogens with zero attached hydrogens (tertiary/aromatic N) is 3. The summed E-state index contributed by atoms with van der Waals surface area (Å²) in [6.07, 6.45) is 6.21. The van der Waals surface area contributed by atoms with Gasteiger partial charge in [-0.2, -0.15) is 5.10 Å². The van der Waals surface area contributed by atoms with Crippen molar-refractivity contribution in [3.05, 3.63) is 52.5 Å². The lowest BCUT2D eigenvalue weighted by Gasteiger charge is -2.11. The van der Waals surface area contributed by atoms with E-state index in [0.717, 1.165) is 55.0 Å². The minimum absolute atomic E-state index is 0.159. The molecule has 0 atom stereocenters. The van der Waals surface area contributed by atoms with Crippen LogP contribution in [0.15, 0.2) is 46.1 Å². The third-order valence-corrected chi connectivity index (χ3v) is 4.14. The first-order chi connectivity index (χ1) is 12.2. The lowest BCUT2D eigenvalue weighted by Crippen LogP contribution is -2.38. The Hall–Kier alpha value is -1.89. The molecule has 1 aromatic heterocycles. The van der Waals surface area contributed by atoms with Crippen LogP contribution in [0.1, 0.15) is 25.3 Å². The molecule has 25 heavy (non-hydrogen) atoms. The number of guanidine groups is 1. The summed E-state index contributed by atoms with van der Waals surface area (Å²) in [5.41, 5.74) is 0.742. The maximum atomic E-state index is 13.8. The minimum atomic E-state index is -0.159. The summed E-state index contributed by atoms with van der Waals surface area (Å²) in [4.78, 5) is 4.56. The number of rotatable bonds is 9. The van der Waals surface area contributed by atoms with Crippen molar-refractivity contribution in [2.75, 3.05) is 19.6 Å². The van der Waals surface area contributed by atoms with Crippen LogP contribution in [-0.2, 0) is 13.0 Å². The van der Waals surface area contributed by atoms with Crippen LogP contribution in [0.5, 0.6) is 0 Å². The van der Waals surface area contributed by atoms with Gasteiger partial charge in [0.1, 0.15) is 5.82 Å². The van der Waals surface area contributed by atoms with Gasteiger partial charge in [-0.25, -0.2) is 4.39 Å². The van der Waals surface area contributed by atoms with Crippen molar-refractivity contribution in [1.29, 1.82) is 0 Å². The zero-order valence-electron chi connectivity index (χ0n) is 14.5. The van der Waals surface area contributed by atoms with E-state index in [1.54, 1.807) is 6.20 Å². The monoisotopic (exact) mass is 409 g/mol. The molecule has 1 aromatic carbocycles. The summed E-state index contributed by atoms with van der Waals surface area (Å²) in [7, 11) is 0. The van der Waals surface area contributed by atoms with Crippen molar-refractivity contribution in [2.24, 2.45) is 4.99 Å². The number of benzene rings is 1. The molecule has 0 aliphatic carbocycles. The first-order valence-corrected chi connectivity index (χ1v) is 9.42. The van der Waals surface area contributed by atoms with Gasteiger partial charge in [0.15, 0.2) is 5.96 Å². The normalized spacial score (nSPS) is 11.6. The van der Waals surface area contributed by atoms with Crippen LogP contribution in [-0.4, -0.2) is 35.4 Å². The largest absolute Gasteiger partial charge is 0.357 e. The van der Waals surface area contributed by atoms with Crippen LogP contribution < -0.4 is 10.6 Å². The van der Waals surface area contributed by atoms with Gasteiger partial charge in [-0.15, -0.1) is 0 Å². The fourth-order valence-electron chi connectivity index (χ4n) is 2.41. The van der Waals surface area contributed by atoms with Gasteiger partial charge in [0.05, 0.1) is 0 Å². The Kier molecular flexibility index (Phi) is 8.45. The summed E-state index contributed by atoms with van der Waals surface area (Å²) in [6, 6.07) is 7.13. The van der Waals surface area contributed by atoms with Gasteiger partial charge in [0.2, 0.25) is 0 Å². The molecule has 7 heteroatoms. The predicted octanol–water partition coefficient (Wildman–Crippen LogP) is 3.36. The van der Waals surface area contributed by atoms with E-state index < -0.39 is 0 Å². The zero-order chi connectivity index (χ0) is 17.9. The van der Waals surface area contributed by atoms with Crippen LogP contribution in [0.2, 0.25) is 0 Å². The summed E-state index contributed by atoms with van der Waals surface area (Å²) in [5, 5.41) is 10.7. The van der Waals surface area contributed by atoms with E-state index in [4.69, 9.17) is 0 Å². The Labute approximate surface area is 156 Å². The van der Waals surface area contributed by atoms with E-state index in [0.29, 0.717) is 6.42 Å². The van der Waals surface area contributed by atoms with Crippen molar-refractivity contribution >= 4 is 21.9 Å². The quantitative estimate of drug-likeness (QED) is 0.379. The molecule has 0 unspecified atom stereocenters. The molecule has 0 spiro atoms. The highest BCUT2D eigenvalue weighted by Gasteiger charge is 2.03. The molecular formula is C18H25BrFN5. The number of aryl methyl sites for hydroxylation is 2. The molecule has 2 aromatic rings. The smallest absolute Gasteiger partial charge is 0.191 e. The Morgan fingerprint density at radius 1 is 1.32 bits per heavy atom. The average Bonchev–Trinajstić information content (AvgIpc) is 3.10. The molecule has 0 bridgehead atoms. The topological polar surface area (TPSA) is 54.2 Å². The highest BCUT2D eigenvalue weighted by molar-refractivity contribution is 9.10. The predicted molar refractivity (Wildman–Crippen MR) is 103 cm³/mol. The highest BCUT2D eigenvalue weighted by Crippen LogP contribution is 2.16. The van der Waals surface area contributed by atoms with Crippen LogP contribution >= 0.6 is 15.9 Å². The summed E-state index contributed by atoms with van der Waals surface area (Å²) < 4.78 is 16.5. The van der Waals surface area contributed by atoms with E-state index in [-0.39, 0.29) is 5.82 Å². The molecule has 0 radical (unpaired) electrons. The molecule has 0 aliphatic rings. The van der Waals surface area contributed by atoms with Crippen molar-refractivity contribution in [3.63, 3.8) is 0 Å². The number of hydrogen-bond donors (Lipinski definition) is 2. The first-order valence-electron chi connectivity index (χ1n) is 8.62. The fraction of sp³-hybridized carbons (Fsp3) is 0.444. The van der Waals surface area contributed by atoms with Crippen LogP contribution in [0.25, 0.3) is 0 Å². The summed E-state index contributed by atoms with van der Waals surface area (Å²) in [5.74, 6) is 0.646. The van der Waals surface area contributed by atoms with Crippen LogP contribution in [0, 0.1) is 5.82 Å². The van der Waals surface area contributed by atoms with E-state index in [1.807, 2.05) is 36.0 Å². The Morgan fingerprint density at radius 3 is 2.92 bits per heavy atom. The average molecular weight is 410 g/mol. The molecule has 1 heterocycles. The van der Waals surface area contributed by atoms with Crippen LogP contribution in [0.4, 0.5) is 4.39 Å². The number of aromatic nitrogens is 2. The SMILES string of the molecule is CCNC(=NCCCn1cccn1)NCCCc1ccc(Br)cc1F. The second-order valence-electron chi connectivity index (χ2n) is 5.65. The molecule has 0 amide bonds. The minimum Gasteiger partial charge on any atom is -0.357 e. The highest BCUT2D eigenvalue weighted by atomic mass is 79.9.